The molecule has 0 amide bonds. The molecule has 0 saturated heterocycles. The molecule has 2 aromatic carbocycles. The van der Waals surface area contributed by atoms with Crippen molar-refractivity contribution in [2.45, 2.75) is 20.8 Å². The van der Waals surface area contributed by atoms with E-state index in [1.165, 1.54) is 0 Å². The Bertz CT molecular complexity index is 962. The Kier molecular flexibility index (Phi) is 4.20. The Balaban J connectivity index is 1.93. The second kappa shape index (κ2) is 5.69. The van der Waals surface area contributed by atoms with Crippen LogP contribution in [0.3, 0.4) is 0 Å². The Morgan fingerprint density at radius 3 is 1.69 bits per heavy atom. The SMILES string of the molecule is CC(C)(C)C1=C(c2ccccc2)P12(Br)Oc1c(Cl)c(Cl)c(Cl)c(Cl)c1O2. The number of allylic oxidation sites excluding steroid dienone is 1. The normalized spacial score (nSPS) is 20.8. The minimum absolute atomic E-state index is 0.153. The summed E-state index contributed by atoms with van der Waals surface area (Å²) in [5, 5.41) is 2.79. The fraction of sp³-hybridized carbons (Fsp3) is 0.222. The van der Waals surface area contributed by atoms with Gasteiger partial charge >= 0.3 is 181 Å². The summed E-state index contributed by atoms with van der Waals surface area (Å²) < 4.78 is 12.9. The van der Waals surface area contributed by atoms with Gasteiger partial charge in [0, 0.05) is 0 Å². The van der Waals surface area contributed by atoms with Gasteiger partial charge in [0.2, 0.25) is 0 Å². The van der Waals surface area contributed by atoms with Gasteiger partial charge in [-0.15, -0.1) is 0 Å². The van der Waals surface area contributed by atoms with Crippen LogP contribution >= 0.6 is 67.7 Å². The summed E-state index contributed by atoms with van der Waals surface area (Å²) in [5.74, 6) is -2.82. The van der Waals surface area contributed by atoms with E-state index in [0.29, 0.717) is 11.5 Å². The minimum atomic E-state index is -3.48. The van der Waals surface area contributed by atoms with Crippen LogP contribution in [0.25, 0.3) is 5.31 Å². The van der Waals surface area contributed by atoms with Gasteiger partial charge in [0.25, 0.3) is 0 Å². The number of fused-ring (bicyclic) bond motifs is 1. The molecule has 2 aliphatic rings. The first-order valence-electron chi connectivity index (χ1n) is 7.81. The van der Waals surface area contributed by atoms with E-state index in [4.69, 9.17) is 55.5 Å². The van der Waals surface area contributed by atoms with Crippen molar-refractivity contribution in [1.82, 2.24) is 0 Å². The summed E-state index contributed by atoms with van der Waals surface area (Å²) in [7, 11) is 0. The molecule has 0 N–H and O–H groups in total. The number of rotatable bonds is 1. The Hall–Kier alpha value is -0.150. The van der Waals surface area contributed by atoms with E-state index < -0.39 is 5.76 Å². The molecule has 0 fully saturated rings. The second-order valence-electron chi connectivity index (χ2n) is 7.27. The fourth-order valence-corrected chi connectivity index (χ4v) is 13.3. The van der Waals surface area contributed by atoms with Crippen molar-refractivity contribution < 1.29 is 9.05 Å². The van der Waals surface area contributed by atoms with E-state index in [2.05, 4.69) is 36.3 Å². The van der Waals surface area contributed by atoms with Gasteiger partial charge in [0.1, 0.15) is 0 Å². The van der Waals surface area contributed by atoms with Crippen LogP contribution in [0.5, 0.6) is 11.5 Å². The molecule has 0 radical (unpaired) electrons. The topological polar surface area (TPSA) is 18.5 Å². The molecule has 26 heavy (non-hydrogen) atoms. The summed E-state index contributed by atoms with van der Waals surface area (Å²) in [6.07, 6.45) is 0. The fourth-order valence-electron chi connectivity index (χ4n) is 3.43. The Morgan fingerprint density at radius 2 is 1.27 bits per heavy atom. The maximum absolute atomic E-state index is 6.44. The van der Waals surface area contributed by atoms with Gasteiger partial charge in [0.05, 0.1) is 0 Å². The van der Waals surface area contributed by atoms with Gasteiger partial charge in [-0.05, 0) is 0 Å². The third-order valence-electron chi connectivity index (χ3n) is 4.38. The summed E-state index contributed by atoms with van der Waals surface area (Å²) in [6.45, 7) is 6.35. The zero-order chi connectivity index (χ0) is 19.1. The van der Waals surface area contributed by atoms with Crippen molar-refractivity contribution in [3.63, 3.8) is 0 Å². The molecule has 0 bridgehead atoms. The summed E-state index contributed by atoms with van der Waals surface area (Å²) in [5.41, 5.74) is 0.838. The molecule has 0 aliphatic carbocycles. The molecule has 2 aliphatic heterocycles. The third-order valence-corrected chi connectivity index (χ3v) is 12.8. The van der Waals surface area contributed by atoms with E-state index in [1.54, 1.807) is 0 Å². The van der Waals surface area contributed by atoms with E-state index in [9.17, 15) is 0 Å². The van der Waals surface area contributed by atoms with Crippen molar-refractivity contribution in [1.29, 1.82) is 0 Å². The van der Waals surface area contributed by atoms with Crippen LogP contribution in [0.1, 0.15) is 26.3 Å². The van der Waals surface area contributed by atoms with Crippen molar-refractivity contribution >= 4 is 73.0 Å². The van der Waals surface area contributed by atoms with Crippen LogP contribution in [0.4, 0.5) is 0 Å². The molecular weight excluding hydrogens is 501 g/mol. The average molecular weight is 515 g/mol. The van der Waals surface area contributed by atoms with Gasteiger partial charge in [0.15, 0.2) is 0 Å². The molecule has 0 unspecified atom stereocenters. The first kappa shape index (κ1) is 19.2. The Labute approximate surface area is 180 Å². The van der Waals surface area contributed by atoms with Crippen molar-refractivity contribution in [3.05, 3.63) is 61.3 Å². The van der Waals surface area contributed by atoms with Crippen LogP contribution in [0, 0.1) is 5.41 Å². The average Bonchev–Trinajstić information content (AvgIpc) is 3.00. The van der Waals surface area contributed by atoms with Crippen LogP contribution in [0.15, 0.2) is 35.6 Å². The van der Waals surface area contributed by atoms with Gasteiger partial charge in [-0.2, -0.15) is 0 Å². The standard InChI is InChI=1S/C18H14BrCl4O2P/c1-18(2,3)17-16(9-7-5-4-6-8-9)26(17,19)24-14-12(22)10(20)11(21)13(23)15(14)25-26/h4-8H,1-3H3. The van der Waals surface area contributed by atoms with Crippen LogP contribution in [-0.2, 0) is 0 Å². The van der Waals surface area contributed by atoms with Crippen LogP contribution in [0.2, 0.25) is 20.1 Å². The first-order chi connectivity index (χ1) is 12.0. The van der Waals surface area contributed by atoms with Gasteiger partial charge in [-0.25, -0.2) is 0 Å². The van der Waals surface area contributed by atoms with E-state index in [1.807, 2.05) is 30.3 Å². The first-order valence-corrected chi connectivity index (χ1v) is 13.4. The predicted molar refractivity (Wildman–Crippen MR) is 116 cm³/mol. The number of benzene rings is 2. The number of hydrogen-bond donors (Lipinski definition) is 0. The molecule has 2 heterocycles. The number of hydrogen-bond acceptors (Lipinski definition) is 2. The monoisotopic (exact) mass is 512 g/mol. The summed E-state index contributed by atoms with van der Waals surface area (Å²) in [6, 6.07) is 9.99. The van der Waals surface area contributed by atoms with Gasteiger partial charge < -0.3 is 0 Å². The molecule has 1 spiro atoms. The summed E-state index contributed by atoms with van der Waals surface area (Å²) >= 11 is 29.1. The molecule has 0 saturated carbocycles. The van der Waals surface area contributed by atoms with E-state index in [0.717, 1.165) is 16.2 Å². The van der Waals surface area contributed by atoms with Crippen LogP contribution in [-0.4, -0.2) is 0 Å². The molecular formula is C18H14BrCl4O2P. The second-order valence-corrected chi connectivity index (χ2v) is 15.6. The molecule has 138 valence electrons. The van der Waals surface area contributed by atoms with Crippen molar-refractivity contribution in [3.8, 4) is 11.5 Å². The molecule has 2 aromatic rings. The quantitative estimate of drug-likeness (QED) is 0.214. The maximum atomic E-state index is 6.44. The van der Waals surface area contributed by atoms with Crippen LogP contribution < -0.4 is 9.05 Å². The summed E-state index contributed by atoms with van der Waals surface area (Å²) in [4.78, 5) is 0. The molecule has 0 atom stereocenters. The van der Waals surface area contributed by atoms with Crippen molar-refractivity contribution in [2.24, 2.45) is 5.41 Å². The molecule has 8 heteroatoms. The molecule has 2 nitrogen and oxygen atoms in total. The predicted octanol–water partition coefficient (Wildman–Crippen LogP) is 9.19. The molecule has 0 aromatic heterocycles. The van der Waals surface area contributed by atoms with E-state index in [-0.39, 0.29) is 25.5 Å². The zero-order valence-corrected chi connectivity index (χ0v) is 19.5. The molecule has 4 rings (SSSR count). The van der Waals surface area contributed by atoms with Crippen molar-refractivity contribution in [2.75, 3.05) is 0 Å². The number of halogens is 5. The third kappa shape index (κ3) is 2.41. The van der Waals surface area contributed by atoms with Gasteiger partial charge in [-0.3, -0.25) is 0 Å². The van der Waals surface area contributed by atoms with Gasteiger partial charge in [-0.1, -0.05) is 0 Å². The van der Waals surface area contributed by atoms with E-state index >= 15 is 0 Å². The Morgan fingerprint density at radius 1 is 0.808 bits per heavy atom. The zero-order valence-electron chi connectivity index (χ0n) is 14.0.